The maximum absolute atomic E-state index is 5.74. The minimum atomic E-state index is 0.383. The smallest absolute Gasteiger partial charge is 0.156 e. The molecule has 3 rings (SSSR count). The Labute approximate surface area is 138 Å². The van der Waals surface area contributed by atoms with Crippen LogP contribution in [-0.4, -0.2) is 56.1 Å². The molecule has 0 N–H and O–H groups in total. The lowest BCUT2D eigenvalue weighted by atomic mass is 10.0. The molecule has 2 fully saturated rings. The quantitative estimate of drug-likeness (QED) is 0.800. The highest BCUT2D eigenvalue weighted by molar-refractivity contribution is 5.41. The average molecular weight is 321 g/mol. The van der Waals surface area contributed by atoms with Gasteiger partial charge in [-0.05, 0) is 26.2 Å². The van der Waals surface area contributed by atoms with Gasteiger partial charge in [0.15, 0.2) is 5.82 Å². The summed E-state index contributed by atoms with van der Waals surface area (Å²) in [4.78, 5) is 11.7. The monoisotopic (exact) mass is 321 g/mol. The molecule has 0 bridgehead atoms. The normalized spacial score (nSPS) is 22.7. The number of aromatic nitrogens is 2. The lowest BCUT2D eigenvalue weighted by Gasteiger charge is -2.33. The fourth-order valence-electron chi connectivity index (χ4n) is 3.32. The highest BCUT2D eigenvalue weighted by Gasteiger charge is 2.24. The van der Waals surface area contributed by atoms with E-state index in [0.29, 0.717) is 18.6 Å². The Morgan fingerprint density at radius 3 is 2.74 bits per heavy atom. The molecule has 6 heteroatoms. The molecule has 0 unspecified atom stereocenters. The molecule has 0 amide bonds. The summed E-state index contributed by atoms with van der Waals surface area (Å²) in [7, 11) is 1.68. The zero-order valence-electron chi connectivity index (χ0n) is 14.2. The van der Waals surface area contributed by atoms with E-state index in [1.807, 2.05) is 0 Å². The molecule has 2 aliphatic heterocycles. The summed E-state index contributed by atoms with van der Waals surface area (Å²) >= 11 is 0. The van der Waals surface area contributed by atoms with Crippen LogP contribution in [0.15, 0.2) is 6.07 Å². The van der Waals surface area contributed by atoms with Crippen LogP contribution in [0.25, 0.3) is 0 Å². The minimum Gasteiger partial charge on any atom is -0.381 e. The number of nitrogens with zero attached hydrogens (tertiary/aromatic N) is 3. The van der Waals surface area contributed by atoms with E-state index >= 15 is 0 Å². The fourth-order valence-corrected chi connectivity index (χ4v) is 3.32. The third-order valence-electron chi connectivity index (χ3n) is 4.57. The van der Waals surface area contributed by atoms with E-state index in [4.69, 9.17) is 19.2 Å². The highest BCUT2D eigenvalue weighted by atomic mass is 16.5. The highest BCUT2D eigenvalue weighted by Crippen LogP contribution is 2.27. The molecule has 1 atom stereocenters. The van der Waals surface area contributed by atoms with Gasteiger partial charge in [0.1, 0.15) is 12.4 Å². The lowest BCUT2D eigenvalue weighted by Crippen LogP contribution is -2.37. The number of piperidine rings is 1. The van der Waals surface area contributed by atoms with Crippen LogP contribution < -0.4 is 4.90 Å². The van der Waals surface area contributed by atoms with E-state index in [9.17, 15) is 0 Å². The fraction of sp³-hybridized carbons (Fsp3) is 0.765. The summed E-state index contributed by atoms with van der Waals surface area (Å²) in [5.41, 5.74) is 1.09. The average Bonchev–Trinajstić information content (AvgIpc) is 3.10. The van der Waals surface area contributed by atoms with Crippen LogP contribution in [0.1, 0.15) is 43.6 Å². The predicted molar refractivity (Wildman–Crippen MR) is 87.8 cm³/mol. The van der Waals surface area contributed by atoms with Crippen molar-refractivity contribution in [3.8, 4) is 0 Å². The molecule has 6 nitrogen and oxygen atoms in total. The molecule has 0 saturated carbocycles. The molecular weight excluding hydrogens is 294 g/mol. The van der Waals surface area contributed by atoms with Crippen molar-refractivity contribution in [1.29, 1.82) is 0 Å². The Kier molecular flexibility index (Phi) is 5.80. The summed E-state index contributed by atoms with van der Waals surface area (Å²) in [6, 6.07) is 2.14. The van der Waals surface area contributed by atoms with Crippen LogP contribution in [0.4, 0.5) is 5.82 Å². The third-order valence-corrected chi connectivity index (χ3v) is 4.57. The number of methoxy groups -OCH3 is 1. The lowest BCUT2D eigenvalue weighted by molar-refractivity contribution is 0.0458. The molecule has 2 saturated heterocycles. The maximum Gasteiger partial charge on any atom is 0.156 e. The van der Waals surface area contributed by atoms with Crippen LogP contribution in [0.3, 0.4) is 0 Å². The van der Waals surface area contributed by atoms with Crippen molar-refractivity contribution in [3.63, 3.8) is 0 Å². The Balaban J connectivity index is 1.75. The van der Waals surface area contributed by atoms with Crippen molar-refractivity contribution in [2.24, 2.45) is 0 Å². The number of hydrogen-bond donors (Lipinski definition) is 0. The van der Waals surface area contributed by atoms with E-state index in [1.54, 1.807) is 7.11 Å². The topological polar surface area (TPSA) is 56.7 Å². The van der Waals surface area contributed by atoms with Crippen molar-refractivity contribution in [2.75, 3.05) is 44.9 Å². The molecule has 0 aliphatic carbocycles. The molecule has 23 heavy (non-hydrogen) atoms. The van der Waals surface area contributed by atoms with Crippen molar-refractivity contribution >= 4 is 5.82 Å². The Hall–Kier alpha value is -1.24. The van der Waals surface area contributed by atoms with E-state index < -0.39 is 0 Å². The Bertz CT molecular complexity index is 498. The first kappa shape index (κ1) is 16.6. The second-order valence-electron chi connectivity index (χ2n) is 6.20. The number of anilines is 1. The SMILES string of the molecule is CCOC1CCN(c2cc([C@H]3CCOC3)nc(COC)n2)CC1. The van der Waals surface area contributed by atoms with E-state index in [2.05, 4.69) is 22.9 Å². The van der Waals surface area contributed by atoms with Gasteiger partial charge in [0.25, 0.3) is 0 Å². The second kappa shape index (κ2) is 8.04. The van der Waals surface area contributed by atoms with Gasteiger partial charge in [0.2, 0.25) is 0 Å². The first-order valence-corrected chi connectivity index (χ1v) is 8.61. The summed E-state index contributed by atoms with van der Waals surface area (Å²) in [6.45, 7) is 6.84. The van der Waals surface area contributed by atoms with Gasteiger partial charge in [-0.2, -0.15) is 0 Å². The predicted octanol–water partition coefficient (Wildman–Crippen LogP) is 2.13. The van der Waals surface area contributed by atoms with Gasteiger partial charge in [-0.3, -0.25) is 0 Å². The molecule has 128 valence electrons. The maximum atomic E-state index is 5.74. The summed E-state index contributed by atoms with van der Waals surface area (Å²) in [5, 5.41) is 0. The minimum absolute atomic E-state index is 0.383. The molecule has 0 radical (unpaired) electrons. The van der Waals surface area contributed by atoms with Gasteiger partial charge in [-0.1, -0.05) is 0 Å². The molecule has 2 aliphatic rings. The van der Waals surface area contributed by atoms with Crippen molar-refractivity contribution in [3.05, 3.63) is 17.6 Å². The van der Waals surface area contributed by atoms with Crippen LogP contribution in [0.5, 0.6) is 0 Å². The van der Waals surface area contributed by atoms with Gasteiger partial charge in [0.05, 0.1) is 18.4 Å². The van der Waals surface area contributed by atoms with Crippen LogP contribution in [-0.2, 0) is 20.8 Å². The van der Waals surface area contributed by atoms with Crippen molar-refractivity contribution < 1.29 is 14.2 Å². The number of hydrogen-bond acceptors (Lipinski definition) is 6. The van der Waals surface area contributed by atoms with E-state index in [0.717, 1.165) is 69.5 Å². The van der Waals surface area contributed by atoms with Crippen molar-refractivity contribution in [2.45, 2.75) is 44.8 Å². The molecule has 1 aromatic heterocycles. The summed E-state index contributed by atoms with van der Waals surface area (Å²) in [6.07, 6.45) is 3.53. The van der Waals surface area contributed by atoms with Crippen LogP contribution in [0.2, 0.25) is 0 Å². The van der Waals surface area contributed by atoms with Gasteiger partial charge in [-0.25, -0.2) is 9.97 Å². The number of rotatable bonds is 6. The Morgan fingerprint density at radius 1 is 1.26 bits per heavy atom. The summed E-state index contributed by atoms with van der Waals surface area (Å²) < 4.78 is 16.5. The first-order chi connectivity index (χ1) is 11.3. The second-order valence-corrected chi connectivity index (χ2v) is 6.20. The summed E-state index contributed by atoms with van der Waals surface area (Å²) in [5.74, 6) is 2.16. The zero-order chi connectivity index (χ0) is 16.1. The van der Waals surface area contributed by atoms with Crippen LogP contribution >= 0.6 is 0 Å². The van der Waals surface area contributed by atoms with Crippen molar-refractivity contribution in [1.82, 2.24) is 9.97 Å². The van der Waals surface area contributed by atoms with E-state index in [1.165, 1.54) is 0 Å². The van der Waals surface area contributed by atoms with Gasteiger partial charge < -0.3 is 19.1 Å². The zero-order valence-corrected chi connectivity index (χ0v) is 14.2. The Morgan fingerprint density at radius 2 is 2.09 bits per heavy atom. The van der Waals surface area contributed by atoms with Gasteiger partial charge >= 0.3 is 0 Å². The molecule has 1 aromatic rings. The molecule has 0 aromatic carbocycles. The molecule has 3 heterocycles. The number of ether oxygens (including phenoxy) is 3. The van der Waals surface area contributed by atoms with Gasteiger partial charge in [-0.15, -0.1) is 0 Å². The van der Waals surface area contributed by atoms with Crippen LogP contribution in [0, 0.1) is 0 Å². The molecular formula is C17H27N3O3. The standard InChI is InChI=1S/C17H27N3O3/c1-3-23-14-4-7-20(8-5-14)17-10-15(13-6-9-22-11-13)18-16(19-17)12-21-2/h10,13-14H,3-9,11-12H2,1-2H3/t13-/m0/s1. The van der Waals surface area contributed by atoms with E-state index in [-0.39, 0.29) is 0 Å². The van der Waals surface area contributed by atoms with Gasteiger partial charge in [0, 0.05) is 45.4 Å². The third kappa shape index (κ3) is 4.19. The molecule has 0 spiro atoms. The largest absolute Gasteiger partial charge is 0.381 e. The first-order valence-electron chi connectivity index (χ1n) is 8.61.